The van der Waals surface area contributed by atoms with Crippen LogP contribution in [-0.2, 0) is 14.8 Å². The second kappa shape index (κ2) is 5.51. The normalized spacial score (nSPS) is 15.0. The maximum atomic E-state index is 11.9. The quantitative estimate of drug-likeness (QED) is 0.389. The van der Waals surface area contributed by atoms with Gasteiger partial charge < -0.3 is 10.7 Å². The number of rotatable bonds is 6. The molecule has 1 fully saturated rings. The molecule has 0 saturated heterocycles. The fourth-order valence-electron chi connectivity index (χ4n) is 1.41. The van der Waals surface area contributed by atoms with Gasteiger partial charge in [0.15, 0.2) is 0 Å². The molecule has 0 spiro atoms. The monoisotopic (exact) mass is 285 g/mol. The minimum atomic E-state index is -3.75. The van der Waals surface area contributed by atoms with E-state index in [0.717, 1.165) is 12.8 Å². The fourth-order valence-corrected chi connectivity index (χ4v) is 2.40. The van der Waals surface area contributed by atoms with Gasteiger partial charge in [0.1, 0.15) is 5.82 Å². The smallest absolute Gasteiger partial charge is 0.241 e. The summed E-state index contributed by atoms with van der Waals surface area (Å²) in [6, 6.07) is 2.80. The Balaban J connectivity index is 1.98. The summed E-state index contributed by atoms with van der Waals surface area (Å²) >= 11 is 0. The van der Waals surface area contributed by atoms with E-state index in [9.17, 15) is 13.2 Å². The van der Waals surface area contributed by atoms with Gasteiger partial charge in [-0.05, 0) is 18.9 Å². The van der Waals surface area contributed by atoms with Crippen molar-refractivity contribution < 1.29 is 13.2 Å². The van der Waals surface area contributed by atoms with Gasteiger partial charge in [-0.25, -0.2) is 24.0 Å². The topological polar surface area (TPSA) is 126 Å². The van der Waals surface area contributed by atoms with Gasteiger partial charge >= 0.3 is 0 Å². The molecule has 1 saturated carbocycles. The molecule has 1 aromatic rings. The van der Waals surface area contributed by atoms with Crippen molar-refractivity contribution in [2.24, 2.45) is 5.84 Å². The van der Waals surface area contributed by atoms with Crippen molar-refractivity contribution >= 4 is 21.7 Å². The van der Waals surface area contributed by atoms with E-state index in [1.165, 1.54) is 18.3 Å². The Bertz CT molecular complexity index is 570. The predicted octanol–water partition coefficient (Wildman–Crippen LogP) is -1.08. The van der Waals surface area contributed by atoms with Crippen LogP contribution >= 0.6 is 0 Å². The highest BCUT2D eigenvalue weighted by Crippen LogP contribution is 2.18. The lowest BCUT2D eigenvalue weighted by Gasteiger charge is -2.08. The Labute approximate surface area is 110 Å². The lowest BCUT2D eigenvalue weighted by molar-refractivity contribution is -0.120. The van der Waals surface area contributed by atoms with Crippen molar-refractivity contribution in [2.75, 3.05) is 12.0 Å². The first-order valence-corrected chi connectivity index (χ1v) is 7.21. The standard InChI is InChI=1S/C10H15N5O3S/c11-15-9-5-8(3-4-12-9)19(17,18)13-6-10(16)14-7-1-2-7/h3-5,7,13H,1-2,6,11H2,(H,12,15)(H,14,16). The predicted molar refractivity (Wildman–Crippen MR) is 68.4 cm³/mol. The van der Waals surface area contributed by atoms with E-state index in [0.29, 0.717) is 0 Å². The van der Waals surface area contributed by atoms with Crippen molar-refractivity contribution in [3.05, 3.63) is 18.3 Å². The Morgan fingerprint density at radius 3 is 2.84 bits per heavy atom. The molecular weight excluding hydrogens is 270 g/mol. The SMILES string of the molecule is NNc1cc(S(=O)(=O)NCC(=O)NC2CC2)ccn1. The van der Waals surface area contributed by atoms with E-state index in [1.54, 1.807) is 0 Å². The summed E-state index contributed by atoms with van der Waals surface area (Å²) in [4.78, 5) is 15.2. The molecule has 104 valence electrons. The molecule has 2 rings (SSSR count). The number of amides is 1. The molecular formula is C10H15N5O3S. The molecule has 0 bridgehead atoms. The van der Waals surface area contributed by atoms with Crippen LogP contribution in [0.3, 0.4) is 0 Å². The van der Waals surface area contributed by atoms with E-state index in [4.69, 9.17) is 5.84 Å². The van der Waals surface area contributed by atoms with E-state index >= 15 is 0 Å². The van der Waals surface area contributed by atoms with Crippen LogP contribution in [0.5, 0.6) is 0 Å². The third kappa shape index (κ3) is 3.88. The van der Waals surface area contributed by atoms with Crippen LogP contribution in [0, 0.1) is 0 Å². The fraction of sp³-hybridized carbons (Fsp3) is 0.400. The highest BCUT2D eigenvalue weighted by atomic mass is 32.2. The number of hydrazine groups is 1. The molecule has 0 unspecified atom stereocenters. The van der Waals surface area contributed by atoms with Crippen LogP contribution in [-0.4, -0.2) is 31.9 Å². The average molecular weight is 285 g/mol. The number of sulfonamides is 1. The van der Waals surface area contributed by atoms with Crippen molar-refractivity contribution in [3.63, 3.8) is 0 Å². The highest BCUT2D eigenvalue weighted by Gasteiger charge is 2.24. The molecule has 1 aliphatic rings. The van der Waals surface area contributed by atoms with Crippen molar-refractivity contribution in [2.45, 2.75) is 23.8 Å². The van der Waals surface area contributed by atoms with Crippen LogP contribution in [0.2, 0.25) is 0 Å². The van der Waals surface area contributed by atoms with Crippen LogP contribution in [0.1, 0.15) is 12.8 Å². The lowest BCUT2D eigenvalue weighted by atomic mass is 10.5. The van der Waals surface area contributed by atoms with Crippen molar-refractivity contribution in [1.29, 1.82) is 0 Å². The molecule has 0 aliphatic heterocycles. The number of nitrogens with zero attached hydrogens (tertiary/aromatic N) is 1. The Kier molecular flexibility index (Phi) is 3.98. The van der Waals surface area contributed by atoms with E-state index < -0.39 is 10.0 Å². The van der Waals surface area contributed by atoms with E-state index in [-0.39, 0.29) is 29.2 Å². The first-order valence-electron chi connectivity index (χ1n) is 5.73. The van der Waals surface area contributed by atoms with Gasteiger partial charge in [-0.15, -0.1) is 0 Å². The summed E-state index contributed by atoms with van der Waals surface area (Å²) in [7, 11) is -3.75. The third-order valence-corrected chi connectivity index (χ3v) is 3.95. The maximum Gasteiger partial charge on any atom is 0.241 e. The molecule has 9 heteroatoms. The number of carbonyl (C=O) groups is 1. The summed E-state index contributed by atoms with van der Waals surface area (Å²) in [6.07, 6.45) is 3.22. The zero-order valence-electron chi connectivity index (χ0n) is 10.1. The lowest BCUT2D eigenvalue weighted by Crippen LogP contribution is -2.37. The molecule has 5 N–H and O–H groups in total. The molecule has 1 aromatic heterocycles. The largest absolute Gasteiger partial charge is 0.352 e. The zero-order valence-corrected chi connectivity index (χ0v) is 10.9. The van der Waals surface area contributed by atoms with Crippen LogP contribution in [0.15, 0.2) is 23.2 Å². The first kappa shape index (κ1) is 13.7. The third-order valence-electron chi connectivity index (χ3n) is 2.55. The number of nitrogens with one attached hydrogen (secondary N) is 3. The van der Waals surface area contributed by atoms with Crippen LogP contribution < -0.4 is 21.3 Å². The van der Waals surface area contributed by atoms with Gasteiger partial charge in [0, 0.05) is 18.3 Å². The number of aromatic nitrogens is 1. The number of nitrogen functional groups attached to an aromatic ring is 1. The van der Waals surface area contributed by atoms with Gasteiger partial charge in [0.25, 0.3) is 0 Å². The number of hydrogen-bond acceptors (Lipinski definition) is 6. The molecule has 1 aliphatic carbocycles. The Morgan fingerprint density at radius 1 is 1.47 bits per heavy atom. The van der Waals surface area contributed by atoms with Gasteiger partial charge in [-0.3, -0.25) is 4.79 Å². The molecule has 0 aromatic carbocycles. The number of hydrogen-bond donors (Lipinski definition) is 4. The number of anilines is 1. The number of carbonyl (C=O) groups excluding carboxylic acids is 1. The maximum absolute atomic E-state index is 11.9. The average Bonchev–Trinajstić information content (AvgIpc) is 3.20. The summed E-state index contributed by atoms with van der Waals surface area (Å²) in [5, 5.41) is 2.69. The summed E-state index contributed by atoms with van der Waals surface area (Å²) in [5.74, 6) is 5.05. The molecule has 1 amide bonds. The second-order valence-corrected chi connectivity index (χ2v) is 5.95. The van der Waals surface area contributed by atoms with Gasteiger partial charge in [-0.1, -0.05) is 0 Å². The van der Waals surface area contributed by atoms with Crippen LogP contribution in [0.25, 0.3) is 0 Å². The van der Waals surface area contributed by atoms with Crippen molar-refractivity contribution in [1.82, 2.24) is 15.0 Å². The first-order chi connectivity index (χ1) is 9.01. The van der Waals surface area contributed by atoms with E-state index in [1.807, 2.05) is 0 Å². The molecule has 0 radical (unpaired) electrons. The number of pyridine rings is 1. The molecule has 1 heterocycles. The number of nitrogens with two attached hydrogens (primary N) is 1. The molecule has 19 heavy (non-hydrogen) atoms. The van der Waals surface area contributed by atoms with E-state index in [2.05, 4.69) is 20.4 Å². The van der Waals surface area contributed by atoms with Gasteiger partial charge in [0.05, 0.1) is 11.4 Å². The second-order valence-electron chi connectivity index (χ2n) is 4.19. The van der Waals surface area contributed by atoms with Crippen molar-refractivity contribution in [3.8, 4) is 0 Å². The highest BCUT2D eigenvalue weighted by molar-refractivity contribution is 7.89. The van der Waals surface area contributed by atoms with Crippen LogP contribution in [0.4, 0.5) is 5.82 Å². The zero-order chi connectivity index (χ0) is 13.9. The molecule has 8 nitrogen and oxygen atoms in total. The molecule has 0 atom stereocenters. The minimum Gasteiger partial charge on any atom is -0.352 e. The van der Waals surface area contributed by atoms with Gasteiger partial charge in [0.2, 0.25) is 15.9 Å². The summed E-state index contributed by atoms with van der Waals surface area (Å²) in [6.45, 7) is -0.285. The Hall–Kier alpha value is -1.71. The Morgan fingerprint density at radius 2 is 2.21 bits per heavy atom. The summed E-state index contributed by atoms with van der Waals surface area (Å²) < 4.78 is 26.1. The van der Waals surface area contributed by atoms with Gasteiger partial charge in [-0.2, -0.15) is 0 Å². The minimum absolute atomic E-state index is 0.00493. The summed E-state index contributed by atoms with van der Waals surface area (Å²) in [5.41, 5.74) is 2.26.